The number of thiazole rings is 1. The Bertz CT molecular complexity index is 1270. The Kier molecular flexibility index (Phi) is 5.22. The van der Waals surface area contributed by atoms with Gasteiger partial charge in [0, 0.05) is 10.8 Å². The minimum absolute atomic E-state index is 0.199. The van der Waals surface area contributed by atoms with Crippen LogP contribution in [0.15, 0.2) is 64.4 Å². The summed E-state index contributed by atoms with van der Waals surface area (Å²) in [4.78, 5) is 55.6. The first-order valence-corrected chi connectivity index (χ1v) is 11.8. The van der Waals surface area contributed by atoms with E-state index in [1.807, 2.05) is 30.3 Å². The highest BCUT2D eigenvalue weighted by molar-refractivity contribution is 8.00. The number of imide groups is 1. The average Bonchev–Trinajstić information content (AvgIpc) is 3.29. The molecule has 0 spiro atoms. The molecule has 1 fully saturated rings. The number of hydrogen-bond acceptors (Lipinski definition) is 7. The van der Waals surface area contributed by atoms with E-state index >= 15 is 0 Å². The first-order valence-electron chi connectivity index (χ1n) is 10.1. The summed E-state index contributed by atoms with van der Waals surface area (Å²) in [6, 6.07) is 15.7. The summed E-state index contributed by atoms with van der Waals surface area (Å²) < 4.78 is 4.99. The quantitative estimate of drug-likeness (QED) is 0.468. The van der Waals surface area contributed by atoms with Gasteiger partial charge >= 0.3 is 10.8 Å². The summed E-state index contributed by atoms with van der Waals surface area (Å²) in [6.07, 6.45) is 0. The molecule has 3 atom stereocenters. The zero-order valence-corrected chi connectivity index (χ0v) is 18.6. The van der Waals surface area contributed by atoms with E-state index in [1.165, 1.54) is 16.7 Å². The Morgan fingerprint density at radius 2 is 1.75 bits per heavy atom. The van der Waals surface area contributed by atoms with Crippen molar-refractivity contribution in [2.75, 3.05) is 11.5 Å². The van der Waals surface area contributed by atoms with E-state index in [2.05, 4.69) is 4.98 Å². The molecule has 1 saturated heterocycles. The number of aromatic amines is 1. The molecule has 3 heterocycles. The van der Waals surface area contributed by atoms with Gasteiger partial charge in [-0.2, -0.15) is 0 Å². The maximum Gasteiger partial charge on any atom is 0.338 e. The van der Waals surface area contributed by atoms with Crippen molar-refractivity contribution in [2.45, 2.75) is 23.1 Å². The van der Waals surface area contributed by atoms with E-state index in [-0.39, 0.29) is 29.2 Å². The minimum atomic E-state index is -0.643. The zero-order valence-electron chi connectivity index (χ0n) is 16.9. The molecule has 2 aliphatic heterocycles. The molecular formula is C23H18N2O5S2. The number of fused-ring (bicyclic) bond motifs is 2. The maximum atomic E-state index is 13.6. The summed E-state index contributed by atoms with van der Waals surface area (Å²) >= 11 is 2.33. The minimum Gasteiger partial charge on any atom is -0.462 e. The number of carbonyl (C=O) groups excluding carboxylic acids is 3. The summed E-state index contributed by atoms with van der Waals surface area (Å²) in [5.41, 5.74) is 1.65. The van der Waals surface area contributed by atoms with Crippen LogP contribution in [0.3, 0.4) is 0 Å². The first-order chi connectivity index (χ1) is 15.5. The van der Waals surface area contributed by atoms with Crippen LogP contribution in [0.1, 0.15) is 33.6 Å². The maximum absolute atomic E-state index is 13.6. The second kappa shape index (κ2) is 8.07. The van der Waals surface area contributed by atoms with E-state index in [9.17, 15) is 19.2 Å². The van der Waals surface area contributed by atoms with Crippen molar-refractivity contribution in [1.29, 1.82) is 0 Å². The van der Waals surface area contributed by atoms with Crippen LogP contribution in [0, 0.1) is 5.92 Å². The Morgan fingerprint density at radius 1 is 1.03 bits per heavy atom. The Labute approximate surface area is 191 Å². The summed E-state index contributed by atoms with van der Waals surface area (Å²) in [6.45, 7) is 1.99. The fourth-order valence-corrected chi connectivity index (χ4v) is 6.77. The fraction of sp³-hybridized carbons (Fsp3) is 0.217. The van der Waals surface area contributed by atoms with Crippen LogP contribution in [0.4, 0.5) is 5.69 Å². The largest absolute Gasteiger partial charge is 0.462 e. The SMILES string of the molecule is CCOC(=O)c1ccc(N2C(=O)C3Sc4[nH]c(=O)sc4C(c4ccccc4)C3C2=O)cc1. The van der Waals surface area contributed by atoms with Gasteiger partial charge < -0.3 is 9.72 Å². The molecule has 3 unspecified atom stereocenters. The van der Waals surface area contributed by atoms with Gasteiger partial charge in [0.15, 0.2) is 0 Å². The van der Waals surface area contributed by atoms with Crippen LogP contribution >= 0.6 is 23.1 Å². The van der Waals surface area contributed by atoms with E-state index in [0.29, 0.717) is 16.3 Å². The molecule has 0 radical (unpaired) electrons. The molecule has 0 saturated carbocycles. The van der Waals surface area contributed by atoms with E-state index in [1.54, 1.807) is 31.2 Å². The molecule has 32 heavy (non-hydrogen) atoms. The highest BCUT2D eigenvalue weighted by Crippen LogP contribution is 2.53. The van der Waals surface area contributed by atoms with Crippen LogP contribution in [0.2, 0.25) is 0 Å². The Balaban J connectivity index is 1.54. The third-order valence-corrected chi connectivity index (χ3v) is 8.02. The summed E-state index contributed by atoms with van der Waals surface area (Å²) in [5, 5.41) is 0.00551. The van der Waals surface area contributed by atoms with Crippen LogP contribution < -0.4 is 9.77 Å². The second-order valence-corrected chi connectivity index (χ2v) is 9.61. The predicted octanol–water partition coefficient (Wildman–Crippen LogP) is 3.41. The topological polar surface area (TPSA) is 96.5 Å². The third-order valence-electron chi connectivity index (χ3n) is 5.62. The molecule has 2 aliphatic rings. The molecule has 1 aromatic heterocycles. The monoisotopic (exact) mass is 466 g/mol. The fourth-order valence-electron chi connectivity index (χ4n) is 4.25. The number of anilines is 1. The highest BCUT2D eigenvalue weighted by atomic mass is 32.2. The van der Waals surface area contributed by atoms with Gasteiger partial charge in [0.25, 0.3) is 0 Å². The Morgan fingerprint density at radius 3 is 2.44 bits per heavy atom. The number of nitrogens with one attached hydrogen (secondary N) is 1. The number of esters is 1. The number of ether oxygens (including phenoxy) is 1. The van der Waals surface area contributed by atoms with Crippen LogP contribution in [-0.4, -0.2) is 34.6 Å². The molecule has 162 valence electrons. The summed E-state index contributed by atoms with van der Waals surface area (Å²) in [5.74, 6) is -2.11. The van der Waals surface area contributed by atoms with Gasteiger partial charge in [0.2, 0.25) is 11.8 Å². The van der Waals surface area contributed by atoms with Gasteiger partial charge in [-0.15, -0.1) is 0 Å². The van der Waals surface area contributed by atoms with Gasteiger partial charge in [-0.05, 0) is 36.8 Å². The molecule has 2 amide bonds. The van der Waals surface area contributed by atoms with Crippen molar-refractivity contribution in [1.82, 2.24) is 4.98 Å². The predicted molar refractivity (Wildman–Crippen MR) is 121 cm³/mol. The number of thioether (sulfide) groups is 1. The molecule has 7 nitrogen and oxygen atoms in total. The lowest BCUT2D eigenvalue weighted by Crippen LogP contribution is -2.32. The number of rotatable bonds is 4. The van der Waals surface area contributed by atoms with Crippen molar-refractivity contribution in [3.8, 4) is 0 Å². The van der Waals surface area contributed by atoms with Gasteiger partial charge in [0.1, 0.15) is 5.25 Å². The van der Waals surface area contributed by atoms with Gasteiger partial charge in [-0.25, -0.2) is 9.69 Å². The zero-order chi connectivity index (χ0) is 22.4. The number of benzene rings is 2. The summed E-state index contributed by atoms with van der Waals surface area (Å²) in [7, 11) is 0. The highest BCUT2D eigenvalue weighted by Gasteiger charge is 2.56. The molecular weight excluding hydrogens is 448 g/mol. The van der Waals surface area contributed by atoms with Crippen molar-refractivity contribution in [3.05, 3.63) is 80.3 Å². The molecule has 5 rings (SSSR count). The molecule has 2 aromatic carbocycles. The van der Waals surface area contributed by atoms with Crippen LogP contribution in [0.25, 0.3) is 0 Å². The molecule has 9 heteroatoms. The van der Waals surface area contributed by atoms with Gasteiger partial charge in [0.05, 0.1) is 28.8 Å². The average molecular weight is 467 g/mol. The molecule has 3 aromatic rings. The Hall–Kier alpha value is -3.17. The van der Waals surface area contributed by atoms with Crippen LogP contribution in [-0.2, 0) is 14.3 Å². The number of carbonyl (C=O) groups is 3. The smallest absolute Gasteiger partial charge is 0.338 e. The number of hydrogen-bond donors (Lipinski definition) is 1. The van der Waals surface area contributed by atoms with E-state index in [0.717, 1.165) is 21.8 Å². The van der Waals surface area contributed by atoms with E-state index in [4.69, 9.17) is 4.74 Å². The molecule has 0 aliphatic carbocycles. The first kappa shape index (κ1) is 20.7. The lowest BCUT2D eigenvalue weighted by Gasteiger charge is -2.29. The second-order valence-electron chi connectivity index (χ2n) is 7.44. The number of aromatic nitrogens is 1. The van der Waals surface area contributed by atoms with Crippen molar-refractivity contribution >= 4 is 46.6 Å². The molecule has 0 bridgehead atoms. The third kappa shape index (κ3) is 3.28. The number of nitrogens with zero attached hydrogens (tertiary/aromatic N) is 1. The van der Waals surface area contributed by atoms with E-state index < -0.39 is 17.1 Å². The lowest BCUT2D eigenvalue weighted by atomic mass is 9.83. The van der Waals surface area contributed by atoms with Gasteiger partial charge in [-0.3, -0.25) is 14.4 Å². The number of amides is 2. The lowest BCUT2D eigenvalue weighted by molar-refractivity contribution is -0.122. The van der Waals surface area contributed by atoms with Crippen LogP contribution in [0.5, 0.6) is 0 Å². The molecule has 1 N–H and O–H groups in total. The van der Waals surface area contributed by atoms with Gasteiger partial charge in [-0.1, -0.05) is 53.4 Å². The normalized spacial score (nSPS) is 21.9. The van der Waals surface area contributed by atoms with Crippen molar-refractivity contribution in [2.24, 2.45) is 5.92 Å². The van der Waals surface area contributed by atoms with Crippen molar-refractivity contribution < 1.29 is 19.1 Å². The number of H-pyrrole nitrogens is 1. The van der Waals surface area contributed by atoms with Crippen molar-refractivity contribution in [3.63, 3.8) is 0 Å². The standard InChI is InChI=1S/C23H18N2O5S2/c1-2-30-22(28)13-8-10-14(11-9-13)25-20(26)16-15(12-6-4-3-5-7-12)17-19(24-23(29)32-17)31-18(16)21(25)27/h3-11,15-16,18H,2H2,1H3,(H,24,29).